The van der Waals surface area contributed by atoms with Crippen LogP contribution in [-0.2, 0) is 0 Å². The quantitative estimate of drug-likeness (QED) is 0.759. The van der Waals surface area contributed by atoms with Crippen molar-refractivity contribution in [3.63, 3.8) is 0 Å². The van der Waals surface area contributed by atoms with Gasteiger partial charge in [0.1, 0.15) is 0 Å². The zero-order valence-corrected chi connectivity index (χ0v) is 10.6. The number of carbonyl (C=O) groups is 1. The minimum Gasteiger partial charge on any atom is -0.338 e. The predicted octanol–water partition coefficient (Wildman–Crippen LogP) is 2.23. The summed E-state index contributed by atoms with van der Waals surface area (Å²) in [7, 11) is 0. The molecule has 0 saturated carbocycles. The minimum absolute atomic E-state index is 0.0780. The van der Waals surface area contributed by atoms with Crippen LogP contribution >= 0.6 is 11.8 Å². The highest BCUT2D eigenvalue weighted by atomic mass is 32.2. The highest BCUT2D eigenvalue weighted by Gasteiger charge is 2.12. The van der Waals surface area contributed by atoms with Gasteiger partial charge in [0.05, 0.1) is 0 Å². The summed E-state index contributed by atoms with van der Waals surface area (Å²) in [6.07, 6.45) is 3.10. The molecule has 0 aromatic rings. The Morgan fingerprint density at radius 2 is 2.00 bits per heavy atom. The SMILES string of the molecule is CSC(C)CCNC(=O)NC(C)(C)C. The molecule has 0 aliphatic carbocycles. The van der Waals surface area contributed by atoms with Crippen LogP contribution in [0.5, 0.6) is 0 Å². The van der Waals surface area contributed by atoms with Gasteiger partial charge in [-0.05, 0) is 33.4 Å². The summed E-state index contributed by atoms with van der Waals surface area (Å²) < 4.78 is 0. The first kappa shape index (κ1) is 13.6. The van der Waals surface area contributed by atoms with E-state index in [0.29, 0.717) is 5.25 Å². The van der Waals surface area contributed by atoms with E-state index in [9.17, 15) is 4.79 Å². The molecule has 1 atom stereocenters. The van der Waals surface area contributed by atoms with Gasteiger partial charge >= 0.3 is 6.03 Å². The maximum absolute atomic E-state index is 11.3. The van der Waals surface area contributed by atoms with Gasteiger partial charge in [-0.25, -0.2) is 4.79 Å². The number of carbonyl (C=O) groups excluding carboxylic acids is 1. The second kappa shape index (κ2) is 6.17. The van der Waals surface area contributed by atoms with Crippen molar-refractivity contribution in [1.82, 2.24) is 10.6 Å². The lowest BCUT2D eigenvalue weighted by Gasteiger charge is -2.21. The van der Waals surface area contributed by atoms with Crippen LogP contribution < -0.4 is 10.6 Å². The van der Waals surface area contributed by atoms with Crippen LogP contribution in [0.2, 0.25) is 0 Å². The molecule has 0 radical (unpaired) electrons. The first-order valence-electron chi connectivity index (χ1n) is 4.94. The molecule has 0 aromatic carbocycles. The van der Waals surface area contributed by atoms with Crippen LogP contribution in [0.15, 0.2) is 0 Å². The molecule has 3 nitrogen and oxygen atoms in total. The van der Waals surface area contributed by atoms with E-state index in [0.717, 1.165) is 13.0 Å². The number of urea groups is 1. The minimum atomic E-state index is -0.158. The topological polar surface area (TPSA) is 41.1 Å². The Hall–Kier alpha value is -0.380. The molecule has 2 N–H and O–H groups in total. The highest BCUT2D eigenvalue weighted by Crippen LogP contribution is 2.07. The summed E-state index contributed by atoms with van der Waals surface area (Å²) in [4.78, 5) is 11.3. The Labute approximate surface area is 91.4 Å². The van der Waals surface area contributed by atoms with Crippen molar-refractivity contribution in [3.05, 3.63) is 0 Å². The molecule has 0 fully saturated rings. The van der Waals surface area contributed by atoms with Gasteiger partial charge < -0.3 is 10.6 Å². The number of rotatable bonds is 4. The predicted molar refractivity (Wildman–Crippen MR) is 63.9 cm³/mol. The van der Waals surface area contributed by atoms with Crippen molar-refractivity contribution in [1.29, 1.82) is 0 Å². The molecule has 4 heteroatoms. The van der Waals surface area contributed by atoms with Gasteiger partial charge in [-0.3, -0.25) is 0 Å². The summed E-state index contributed by atoms with van der Waals surface area (Å²) in [5.41, 5.74) is -0.158. The summed E-state index contributed by atoms with van der Waals surface area (Å²) in [5.74, 6) is 0. The number of thioether (sulfide) groups is 1. The average molecular weight is 218 g/mol. The van der Waals surface area contributed by atoms with Crippen LogP contribution in [0.1, 0.15) is 34.1 Å². The van der Waals surface area contributed by atoms with E-state index in [4.69, 9.17) is 0 Å². The third kappa shape index (κ3) is 8.23. The standard InChI is InChI=1S/C10H22N2OS/c1-8(14-5)6-7-11-9(13)12-10(2,3)4/h8H,6-7H2,1-5H3,(H2,11,12,13). The lowest BCUT2D eigenvalue weighted by Crippen LogP contribution is -2.46. The second-order valence-corrected chi connectivity index (χ2v) is 5.74. The average Bonchev–Trinajstić information content (AvgIpc) is 2.00. The molecule has 2 amide bonds. The fourth-order valence-corrected chi connectivity index (χ4v) is 1.25. The van der Waals surface area contributed by atoms with Crippen LogP contribution in [-0.4, -0.2) is 29.6 Å². The number of amides is 2. The second-order valence-electron chi connectivity index (χ2n) is 4.47. The smallest absolute Gasteiger partial charge is 0.315 e. The molecule has 0 saturated heterocycles. The van der Waals surface area contributed by atoms with Gasteiger partial charge in [-0.15, -0.1) is 0 Å². The van der Waals surface area contributed by atoms with E-state index in [-0.39, 0.29) is 11.6 Å². The first-order chi connectivity index (χ1) is 6.35. The molecule has 0 rings (SSSR count). The van der Waals surface area contributed by atoms with Crippen molar-refractivity contribution in [2.45, 2.75) is 44.9 Å². The van der Waals surface area contributed by atoms with Crippen LogP contribution in [0.3, 0.4) is 0 Å². The summed E-state index contributed by atoms with van der Waals surface area (Å²) in [6.45, 7) is 8.81. The Bertz CT molecular complexity index is 177. The maximum atomic E-state index is 11.3. The van der Waals surface area contributed by atoms with Crippen LogP contribution in [0.4, 0.5) is 4.79 Å². The van der Waals surface area contributed by atoms with E-state index < -0.39 is 0 Å². The lowest BCUT2D eigenvalue weighted by molar-refractivity contribution is 0.232. The normalized spacial score (nSPS) is 13.5. The molecule has 0 aliphatic rings. The van der Waals surface area contributed by atoms with E-state index >= 15 is 0 Å². The zero-order chi connectivity index (χ0) is 11.2. The highest BCUT2D eigenvalue weighted by molar-refractivity contribution is 7.99. The fourth-order valence-electron chi connectivity index (χ4n) is 0.892. The fraction of sp³-hybridized carbons (Fsp3) is 0.900. The molecule has 0 spiro atoms. The van der Waals surface area contributed by atoms with Gasteiger partial charge in [0.25, 0.3) is 0 Å². The van der Waals surface area contributed by atoms with E-state index in [1.165, 1.54) is 0 Å². The lowest BCUT2D eigenvalue weighted by atomic mass is 10.1. The van der Waals surface area contributed by atoms with Crippen molar-refractivity contribution >= 4 is 17.8 Å². The molecule has 84 valence electrons. The number of hydrogen-bond acceptors (Lipinski definition) is 2. The third-order valence-electron chi connectivity index (χ3n) is 1.73. The van der Waals surface area contributed by atoms with Gasteiger partial charge in [-0.1, -0.05) is 6.92 Å². The van der Waals surface area contributed by atoms with Crippen LogP contribution in [0.25, 0.3) is 0 Å². The molecule has 0 bridgehead atoms. The summed E-state index contributed by atoms with van der Waals surface area (Å²) in [6, 6.07) is -0.0780. The molecule has 0 aliphatic heterocycles. The van der Waals surface area contributed by atoms with Crippen molar-refractivity contribution < 1.29 is 4.79 Å². The van der Waals surface area contributed by atoms with Crippen molar-refractivity contribution in [3.8, 4) is 0 Å². The van der Waals surface area contributed by atoms with Crippen LogP contribution in [0, 0.1) is 0 Å². The van der Waals surface area contributed by atoms with E-state index in [1.54, 1.807) is 0 Å². The Morgan fingerprint density at radius 1 is 1.43 bits per heavy atom. The van der Waals surface area contributed by atoms with Crippen molar-refractivity contribution in [2.75, 3.05) is 12.8 Å². The Balaban J connectivity index is 3.55. The van der Waals surface area contributed by atoms with Gasteiger partial charge in [0, 0.05) is 17.3 Å². The molecule has 14 heavy (non-hydrogen) atoms. The summed E-state index contributed by atoms with van der Waals surface area (Å²) in [5, 5.41) is 6.30. The zero-order valence-electron chi connectivity index (χ0n) is 9.81. The largest absolute Gasteiger partial charge is 0.338 e. The molecular weight excluding hydrogens is 196 g/mol. The maximum Gasteiger partial charge on any atom is 0.315 e. The monoisotopic (exact) mass is 218 g/mol. The van der Waals surface area contributed by atoms with Gasteiger partial charge in [-0.2, -0.15) is 11.8 Å². The summed E-state index contributed by atoms with van der Waals surface area (Å²) >= 11 is 1.82. The number of hydrogen-bond donors (Lipinski definition) is 2. The third-order valence-corrected chi connectivity index (χ3v) is 2.77. The molecule has 0 aromatic heterocycles. The van der Waals surface area contributed by atoms with Crippen molar-refractivity contribution in [2.24, 2.45) is 0 Å². The Morgan fingerprint density at radius 3 is 2.43 bits per heavy atom. The van der Waals surface area contributed by atoms with Gasteiger partial charge in [0.15, 0.2) is 0 Å². The Kier molecular flexibility index (Phi) is 6.00. The molecular formula is C10H22N2OS. The number of nitrogens with one attached hydrogen (secondary N) is 2. The van der Waals surface area contributed by atoms with Gasteiger partial charge in [0.2, 0.25) is 0 Å². The molecule has 0 heterocycles. The van der Waals surface area contributed by atoms with E-state index in [1.807, 2.05) is 32.5 Å². The molecule has 1 unspecified atom stereocenters. The first-order valence-corrected chi connectivity index (χ1v) is 6.23. The van der Waals surface area contributed by atoms with E-state index in [2.05, 4.69) is 23.8 Å².